The second kappa shape index (κ2) is 5.14. The van der Waals surface area contributed by atoms with Crippen LogP contribution in [0.1, 0.15) is 15.9 Å². The fourth-order valence-electron chi connectivity index (χ4n) is 2.03. The maximum absolute atomic E-state index is 12.0. The summed E-state index contributed by atoms with van der Waals surface area (Å²) < 4.78 is 0. The van der Waals surface area contributed by atoms with E-state index in [1.54, 1.807) is 19.0 Å². The monoisotopic (exact) mass is 254 g/mol. The zero-order valence-electron chi connectivity index (χ0n) is 11.5. The van der Waals surface area contributed by atoms with Crippen molar-refractivity contribution in [1.29, 1.82) is 0 Å². The summed E-state index contributed by atoms with van der Waals surface area (Å²) in [6.07, 6.45) is 0. The molecule has 0 radical (unpaired) electrons. The number of benzene rings is 2. The Hall–Kier alpha value is -2.29. The van der Waals surface area contributed by atoms with E-state index >= 15 is 0 Å². The van der Waals surface area contributed by atoms with Gasteiger partial charge in [0.05, 0.1) is 0 Å². The summed E-state index contributed by atoms with van der Waals surface area (Å²) in [4.78, 5) is 13.6. The van der Waals surface area contributed by atoms with Crippen LogP contribution in [0.4, 0.5) is 5.69 Å². The van der Waals surface area contributed by atoms with Gasteiger partial charge in [0, 0.05) is 25.3 Å². The summed E-state index contributed by atoms with van der Waals surface area (Å²) in [5.41, 5.74) is 10.5. The lowest BCUT2D eigenvalue weighted by Crippen LogP contribution is -2.21. The van der Waals surface area contributed by atoms with Crippen molar-refractivity contribution in [3.63, 3.8) is 0 Å². The third-order valence-electron chi connectivity index (χ3n) is 3.09. The minimum atomic E-state index is 0.00315. The average molecular weight is 254 g/mol. The van der Waals surface area contributed by atoms with Crippen molar-refractivity contribution in [2.24, 2.45) is 0 Å². The van der Waals surface area contributed by atoms with Crippen LogP contribution >= 0.6 is 0 Å². The number of amides is 1. The van der Waals surface area contributed by atoms with Crippen LogP contribution in [0.2, 0.25) is 0 Å². The minimum Gasteiger partial charge on any atom is -0.399 e. The van der Waals surface area contributed by atoms with E-state index in [1.807, 2.05) is 49.4 Å². The number of nitrogens with zero attached hydrogens (tertiary/aromatic N) is 1. The molecule has 3 nitrogen and oxygen atoms in total. The fourth-order valence-corrected chi connectivity index (χ4v) is 2.03. The number of anilines is 1. The number of hydrogen-bond acceptors (Lipinski definition) is 2. The van der Waals surface area contributed by atoms with Gasteiger partial charge in [-0.15, -0.1) is 0 Å². The molecule has 0 aliphatic rings. The molecule has 1 amide bonds. The van der Waals surface area contributed by atoms with E-state index in [0.29, 0.717) is 5.56 Å². The molecule has 0 aromatic heterocycles. The Bertz CT molecular complexity index is 618. The Labute approximate surface area is 113 Å². The third kappa shape index (κ3) is 2.76. The van der Waals surface area contributed by atoms with E-state index in [9.17, 15) is 4.79 Å². The van der Waals surface area contributed by atoms with Gasteiger partial charge in [-0.25, -0.2) is 0 Å². The quantitative estimate of drug-likeness (QED) is 0.837. The molecule has 0 bridgehead atoms. The van der Waals surface area contributed by atoms with Crippen LogP contribution in [0.5, 0.6) is 0 Å². The van der Waals surface area contributed by atoms with Crippen molar-refractivity contribution in [2.75, 3.05) is 19.8 Å². The molecule has 0 saturated carbocycles. The zero-order chi connectivity index (χ0) is 14.0. The molecule has 3 heteroatoms. The van der Waals surface area contributed by atoms with Crippen LogP contribution in [0.15, 0.2) is 42.5 Å². The smallest absolute Gasteiger partial charge is 0.253 e. The number of rotatable bonds is 2. The Morgan fingerprint density at radius 1 is 1.11 bits per heavy atom. The summed E-state index contributed by atoms with van der Waals surface area (Å²) >= 11 is 0. The van der Waals surface area contributed by atoms with E-state index in [1.165, 1.54) is 0 Å². The topological polar surface area (TPSA) is 46.3 Å². The van der Waals surface area contributed by atoms with Gasteiger partial charge in [0.1, 0.15) is 0 Å². The highest BCUT2D eigenvalue weighted by Crippen LogP contribution is 2.26. The SMILES string of the molecule is Cc1ccc(N)cc1-c1cccc(C(=O)N(C)C)c1. The van der Waals surface area contributed by atoms with E-state index < -0.39 is 0 Å². The maximum Gasteiger partial charge on any atom is 0.253 e. The molecule has 0 aliphatic carbocycles. The molecule has 2 rings (SSSR count). The molecule has 0 atom stereocenters. The zero-order valence-corrected chi connectivity index (χ0v) is 11.5. The van der Waals surface area contributed by atoms with Gasteiger partial charge in [0.2, 0.25) is 0 Å². The van der Waals surface area contributed by atoms with Gasteiger partial charge in [-0.3, -0.25) is 4.79 Å². The summed E-state index contributed by atoms with van der Waals surface area (Å²) in [6, 6.07) is 13.4. The van der Waals surface area contributed by atoms with Gasteiger partial charge in [-0.05, 0) is 47.9 Å². The number of carbonyl (C=O) groups excluding carboxylic acids is 1. The molecule has 2 aromatic carbocycles. The Morgan fingerprint density at radius 2 is 1.84 bits per heavy atom. The normalized spacial score (nSPS) is 10.3. The molecule has 0 unspecified atom stereocenters. The highest BCUT2D eigenvalue weighted by molar-refractivity contribution is 5.95. The number of nitrogens with two attached hydrogens (primary N) is 1. The number of hydrogen-bond donors (Lipinski definition) is 1. The highest BCUT2D eigenvalue weighted by Gasteiger charge is 2.10. The summed E-state index contributed by atoms with van der Waals surface area (Å²) in [5, 5.41) is 0. The standard InChI is InChI=1S/C16H18N2O/c1-11-7-8-14(17)10-15(11)12-5-4-6-13(9-12)16(19)18(2)3/h4-10H,17H2,1-3H3. The Kier molecular flexibility index (Phi) is 3.56. The molecule has 98 valence electrons. The molecule has 19 heavy (non-hydrogen) atoms. The second-order valence-electron chi connectivity index (χ2n) is 4.85. The lowest BCUT2D eigenvalue weighted by Gasteiger charge is -2.12. The van der Waals surface area contributed by atoms with Crippen LogP contribution < -0.4 is 5.73 Å². The van der Waals surface area contributed by atoms with Gasteiger partial charge in [-0.2, -0.15) is 0 Å². The molecular weight excluding hydrogens is 236 g/mol. The van der Waals surface area contributed by atoms with Crippen molar-refractivity contribution < 1.29 is 4.79 Å². The molecule has 2 N–H and O–H groups in total. The number of aryl methyl sites for hydroxylation is 1. The number of carbonyl (C=O) groups is 1. The van der Waals surface area contributed by atoms with Crippen molar-refractivity contribution in [3.8, 4) is 11.1 Å². The van der Waals surface area contributed by atoms with Gasteiger partial charge in [-0.1, -0.05) is 18.2 Å². The van der Waals surface area contributed by atoms with Crippen LogP contribution in [0.25, 0.3) is 11.1 Å². The van der Waals surface area contributed by atoms with Crippen LogP contribution in [0, 0.1) is 6.92 Å². The first kappa shape index (κ1) is 13.1. The first-order chi connectivity index (χ1) is 8.99. The summed E-state index contributed by atoms with van der Waals surface area (Å²) in [5.74, 6) is 0.00315. The average Bonchev–Trinajstić information content (AvgIpc) is 2.40. The van der Waals surface area contributed by atoms with E-state index in [2.05, 4.69) is 0 Å². The van der Waals surface area contributed by atoms with Crippen molar-refractivity contribution >= 4 is 11.6 Å². The minimum absolute atomic E-state index is 0.00315. The molecule has 0 fully saturated rings. The number of nitrogen functional groups attached to an aromatic ring is 1. The van der Waals surface area contributed by atoms with Gasteiger partial charge in [0.15, 0.2) is 0 Å². The Balaban J connectivity index is 2.49. The first-order valence-electron chi connectivity index (χ1n) is 6.17. The molecular formula is C16H18N2O. The van der Waals surface area contributed by atoms with Crippen LogP contribution in [-0.2, 0) is 0 Å². The molecule has 2 aromatic rings. The van der Waals surface area contributed by atoms with E-state index in [4.69, 9.17) is 5.73 Å². The maximum atomic E-state index is 12.0. The van der Waals surface area contributed by atoms with Crippen LogP contribution in [-0.4, -0.2) is 24.9 Å². The predicted molar refractivity (Wildman–Crippen MR) is 79.0 cm³/mol. The van der Waals surface area contributed by atoms with Gasteiger partial charge < -0.3 is 10.6 Å². The third-order valence-corrected chi connectivity index (χ3v) is 3.09. The van der Waals surface area contributed by atoms with Gasteiger partial charge >= 0.3 is 0 Å². The van der Waals surface area contributed by atoms with Gasteiger partial charge in [0.25, 0.3) is 5.91 Å². The van der Waals surface area contributed by atoms with E-state index in [-0.39, 0.29) is 5.91 Å². The molecule has 0 aliphatic heterocycles. The lowest BCUT2D eigenvalue weighted by molar-refractivity contribution is 0.0827. The Morgan fingerprint density at radius 3 is 2.53 bits per heavy atom. The van der Waals surface area contributed by atoms with Crippen molar-refractivity contribution in [2.45, 2.75) is 6.92 Å². The molecule has 0 heterocycles. The molecule has 0 spiro atoms. The highest BCUT2D eigenvalue weighted by atomic mass is 16.2. The largest absolute Gasteiger partial charge is 0.399 e. The molecule has 0 saturated heterocycles. The fraction of sp³-hybridized carbons (Fsp3) is 0.188. The van der Waals surface area contributed by atoms with Crippen molar-refractivity contribution in [1.82, 2.24) is 4.90 Å². The summed E-state index contributed by atoms with van der Waals surface area (Å²) in [6.45, 7) is 2.04. The van der Waals surface area contributed by atoms with E-state index in [0.717, 1.165) is 22.4 Å². The second-order valence-corrected chi connectivity index (χ2v) is 4.85. The first-order valence-corrected chi connectivity index (χ1v) is 6.17. The van der Waals surface area contributed by atoms with Crippen molar-refractivity contribution in [3.05, 3.63) is 53.6 Å². The summed E-state index contributed by atoms with van der Waals surface area (Å²) in [7, 11) is 3.50. The predicted octanol–water partition coefficient (Wildman–Crippen LogP) is 2.95. The lowest BCUT2D eigenvalue weighted by atomic mass is 9.98. The van der Waals surface area contributed by atoms with Crippen LogP contribution in [0.3, 0.4) is 0 Å².